The van der Waals surface area contributed by atoms with E-state index >= 15 is 0 Å². The van der Waals surface area contributed by atoms with Gasteiger partial charge < -0.3 is 10.0 Å². The largest absolute Gasteiger partial charge is 0.386 e. The first kappa shape index (κ1) is 8.87. The molecule has 1 saturated heterocycles. The number of amides is 1. The molecular weight excluding hydrogens is 162 g/mol. The van der Waals surface area contributed by atoms with Crippen molar-refractivity contribution in [3.63, 3.8) is 0 Å². The monoisotopic (exact) mass is 175 g/mol. The topological polar surface area (TPSA) is 40.5 Å². The molecule has 1 aliphatic rings. The van der Waals surface area contributed by atoms with E-state index in [4.69, 9.17) is 0 Å². The summed E-state index contributed by atoms with van der Waals surface area (Å²) in [6.07, 6.45) is 0.712. The maximum absolute atomic E-state index is 10.9. The molecule has 0 aromatic carbocycles. The SMILES string of the molecule is CCC1(O)CN(C(=O)CS)C1. The van der Waals surface area contributed by atoms with Gasteiger partial charge in [-0.05, 0) is 6.42 Å². The minimum Gasteiger partial charge on any atom is -0.386 e. The summed E-state index contributed by atoms with van der Waals surface area (Å²) >= 11 is 3.86. The van der Waals surface area contributed by atoms with Crippen molar-refractivity contribution in [2.24, 2.45) is 0 Å². The van der Waals surface area contributed by atoms with Crippen molar-refractivity contribution in [1.82, 2.24) is 4.90 Å². The minimum absolute atomic E-state index is 0.00598. The zero-order valence-corrected chi connectivity index (χ0v) is 7.47. The van der Waals surface area contributed by atoms with Gasteiger partial charge in [0.2, 0.25) is 5.91 Å². The molecule has 0 bridgehead atoms. The van der Waals surface area contributed by atoms with Crippen LogP contribution in [0.4, 0.5) is 0 Å². The maximum Gasteiger partial charge on any atom is 0.232 e. The van der Waals surface area contributed by atoms with Gasteiger partial charge in [0, 0.05) is 0 Å². The second-order valence-corrected chi connectivity index (χ2v) is 3.30. The van der Waals surface area contributed by atoms with Crippen molar-refractivity contribution in [1.29, 1.82) is 0 Å². The van der Waals surface area contributed by atoms with Gasteiger partial charge in [-0.15, -0.1) is 0 Å². The average Bonchev–Trinajstić information content (AvgIpc) is 1.97. The lowest BCUT2D eigenvalue weighted by Gasteiger charge is -2.45. The number of thiol groups is 1. The maximum atomic E-state index is 10.9. The van der Waals surface area contributed by atoms with Crippen LogP contribution in [0.2, 0.25) is 0 Å². The molecule has 64 valence electrons. The summed E-state index contributed by atoms with van der Waals surface area (Å²) in [5.41, 5.74) is -0.612. The Kier molecular flexibility index (Phi) is 2.44. The molecule has 0 aromatic rings. The predicted octanol–water partition coefficient (Wildman–Crippen LogP) is -0.100. The van der Waals surface area contributed by atoms with Crippen LogP contribution in [-0.2, 0) is 4.79 Å². The quantitative estimate of drug-likeness (QED) is 0.575. The van der Waals surface area contributed by atoms with Crippen LogP contribution >= 0.6 is 12.6 Å². The van der Waals surface area contributed by atoms with Crippen molar-refractivity contribution >= 4 is 18.5 Å². The first-order valence-electron chi connectivity index (χ1n) is 3.72. The van der Waals surface area contributed by atoms with E-state index in [2.05, 4.69) is 12.6 Å². The molecule has 1 aliphatic heterocycles. The van der Waals surface area contributed by atoms with Crippen LogP contribution in [-0.4, -0.2) is 40.4 Å². The van der Waals surface area contributed by atoms with Gasteiger partial charge in [0.05, 0.1) is 24.4 Å². The number of hydrogen-bond donors (Lipinski definition) is 2. The molecule has 1 N–H and O–H groups in total. The van der Waals surface area contributed by atoms with E-state index in [0.717, 1.165) is 0 Å². The molecule has 0 unspecified atom stereocenters. The van der Waals surface area contributed by atoms with Crippen LogP contribution < -0.4 is 0 Å². The van der Waals surface area contributed by atoms with Gasteiger partial charge in [-0.3, -0.25) is 4.79 Å². The summed E-state index contributed by atoms with van der Waals surface area (Å²) in [6, 6.07) is 0. The lowest BCUT2D eigenvalue weighted by Crippen LogP contribution is -2.63. The Balaban J connectivity index is 2.34. The van der Waals surface area contributed by atoms with Gasteiger partial charge >= 0.3 is 0 Å². The number of aliphatic hydroxyl groups is 1. The zero-order chi connectivity index (χ0) is 8.48. The lowest BCUT2D eigenvalue weighted by molar-refractivity contribution is -0.152. The molecule has 0 radical (unpaired) electrons. The number of hydrogen-bond acceptors (Lipinski definition) is 3. The molecule has 11 heavy (non-hydrogen) atoms. The number of carbonyl (C=O) groups is 1. The molecule has 1 amide bonds. The second kappa shape index (κ2) is 3.03. The van der Waals surface area contributed by atoms with E-state index in [0.29, 0.717) is 19.5 Å². The van der Waals surface area contributed by atoms with E-state index in [9.17, 15) is 9.90 Å². The second-order valence-electron chi connectivity index (χ2n) is 2.99. The number of carbonyl (C=O) groups excluding carboxylic acids is 1. The molecule has 0 aliphatic carbocycles. The smallest absolute Gasteiger partial charge is 0.232 e. The Morgan fingerprint density at radius 2 is 2.27 bits per heavy atom. The number of nitrogens with zero attached hydrogens (tertiary/aromatic N) is 1. The summed E-state index contributed by atoms with van der Waals surface area (Å²) in [5.74, 6) is 0.242. The highest BCUT2D eigenvalue weighted by Crippen LogP contribution is 2.23. The molecule has 4 heteroatoms. The summed E-state index contributed by atoms with van der Waals surface area (Å²) in [4.78, 5) is 12.6. The molecular formula is C7H13NO2S. The van der Waals surface area contributed by atoms with E-state index in [-0.39, 0.29) is 11.7 Å². The molecule has 0 aromatic heterocycles. The molecule has 1 heterocycles. The van der Waals surface area contributed by atoms with Crippen molar-refractivity contribution in [2.75, 3.05) is 18.8 Å². The van der Waals surface area contributed by atoms with Crippen LogP contribution in [0.25, 0.3) is 0 Å². The summed E-state index contributed by atoms with van der Waals surface area (Å²) in [6.45, 7) is 2.87. The highest BCUT2D eigenvalue weighted by atomic mass is 32.1. The Morgan fingerprint density at radius 3 is 2.64 bits per heavy atom. The fourth-order valence-corrected chi connectivity index (χ4v) is 1.36. The van der Waals surface area contributed by atoms with Crippen molar-refractivity contribution in [3.05, 3.63) is 0 Å². The standard InChI is InChI=1S/C7H13NO2S/c1-2-7(10)4-8(5-7)6(9)3-11/h10-11H,2-5H2,1H3. The Hall–Kier alpha value is -0.220. The normalized spacial score (nSPS) is 21.2. The first-order valence-corrected chi connectivity index (χ1v) is 4.35. The summed E-state index contributed by atoms with van der Waals surface area (Å²) in [5, 5.41) is 9.51. The van der Waals surface area contributed by atoms with E-state index in [1.54, 1.807) is 4.90 Å². The molecule has 1 rings (SSSR count). The summed E-state index contributed by atoms with van der Waals surface area (Å²) < 4.78 is 0. The number of rotatable bonds is 2. The van der Waals surface area contributed by atoms with Gasteiger partial charge in [0.15, 0.2) is 0 Å². The molecule has 0 spiro atoms. The highest BCUT2D eigenvalue weighted by molar-refractivity contribution is 7.81. The number of β-amino-alcohol motifs (C(OH)–C–C–N with tert-alkyl or cyclic N) is 1. The van der Waals surface area contributed by atoms with E-state index in [1.807, 2.05) is 6.92 Å². The van der Waals surface area contributed by atoms with Crippen molar-refractivity contribution < 1.29 is 9.90 Å². The third kappa shape index (κ3) is 1.68. The summed E-state index contributed by atoms with van der Waals surface area (Å²) in [7, 11) is 0. The third-order valence-electron chi connectivity index (χ3n) is 2.12. The van der Waals surface area contributed by atoms with E-state index in [1.165, 1.54) is 0 Å². The Labute approximate surface area is 71.8 Å². The van der Waals surface area contributed by atoms with Crippen LogP contribution in [0.3, 0.4) is 0 Å². The van der Waals surface area contributed by atoms with Crippen LogP contribution in [0.5, 0.6) is 0 Å². The lowest BCUT2D eigenvalue weighted by atomic mass is 9.91. The minimum atomic E-state index is -0.612. The first-order chi connectivity index (χ1) is 5.11. The fraction of sp³-hybridized carbons (Fsp3) is 0.857. The van der Waals surface area contributed by atoms with Gasteiger partial charge in [-0.2, -0.15) is 12.6 Å². The van der Waals surface area contributed by atoms with Gasteiger partial charge in [0.1, 0.15) is 0 Å². The van der Waals surface area contributed by atoms with Crippen LogP contribution in [0, 0.1) is 0 Å². The van der Waals surface area contributed by atoms with Crippen LogP contribution in [0.15, 0.2) is 0 Å². The van der Waals surface area contributed by atoms with Crippen molar-refractivity contribution in [2.45, 2.75) is 18.9 Å². The average molecular weight is 175 g/mol. The highest BCUT2D eigenvalue weighted by Gasteiger charge is 2.41. The molecule has 0 atom stereocenters. The van der Waals surface area contributed by atoms with Gasteiger partial charge in [-0.25, -0.2) is 0 Å². The molecule has 0 saturated carbocycles. The molecule has 3 nitrogen and oxygen atoms in total. The Bertz CT molecular complexity index is 166. The number of likely N-dealkylation sites (tertiary alicyclic amines) is 1. The zero-order valence-electron chi connectivity index (χ0n) is 6.58. The van der Waals surface area contributed by atoms with Gasteiger partial charge in [-0.1, -0.05) is 6.92 Å². The molecule has 1 fully saturated rings. The predicted molar refractivity (Wildman–Crippen MR) is 45.7 cm³/mol. The van der Waals surface area contributed by atoms with E-state index < -0.39 is 5.60 Å². The fourth-order valence-electron chi connectivity index (χ4n) is 1.16. The Morgan fingerprint density at radius 1 is 1.73 bits per heavy atom. The van der Waals surface area contributed by atoms with Gasteiger partial charge in [0.25, 0.3) is 0 Å². The van der Waals surface area contributed by atoms with Crippen molar-refractivity contribution in [3.8, 4) is 0 Å². The van der Waals surface area contributed by atoms with Crippen LogP contribution in [0.1, 0.15) is 13.3 Å². The third-order valence-corrected chi connectivity index (χ3v) is 2.39.